The summed E-state index contributed by atoms with van der Waals surface area (Å²) >= 11 is 1.75. The number of benzene rings is 1. The highest BCUT2D eigenvalue weighted by Gasteiger charge is 2.24. The van der Waals surface area contributed by atoms with Gasteiger partial charge in [-0.2, -0.15) is 11.3 Å². The van der Waals surface area contributed by atoms with E-state index in [9.17, 15) is 0 Å². The Morgan fingerprint density at radius 1 is 1.18 bits per heavy atom. The van der Waals surface area contributed by atoms with E-state index < -0.39 is 0 Å². The minimum Gasteiger partial charge on any atom is -0.321 e. The molecule has 2 aromatic rings. The molecule has 0 fully saturated rings. The van der Waals surface area contributed by atoms with Crippen LogP contribution in [0.4, 0.5) is 0 Å². The Labute approximate surface area is 107 Å². The van der Waals surface area contributed by atoms with Crippen LogP contribution in [0.5, 0.6) is 0 Å². The third-order valence-corrected chi connectivity index (χ3v) is 4.15. The molecule has 0 saturated heterocycles. The maximum atomic E-state index is 6.54. The first kappa shape index (κ1) is 12.3. The number of nitrogens with two attached hydrogens (primary N) is 1. The van der Waals surface area contributed by atoms with Crippen LogP contribution in [0.15, 0.2) is 47.2 Å². The topological polar surface area (TPSA) is 26.0 Å². The van der Waals surface area contributed by atoms with Crippen LogP contribution in [-0.4, -0.2) is 0 Å². The zero-order chi connectivity index (χ0) is 12.1. The van der Waals surface area contributed by atoms with E-state index >= 15 is 0 Å². The summed E-state index contributed by atoms with van der Waals surface area (Å²) in [6, 6.07) is 12.6. The molecule has 1 atom stereocenters. The van der Waals surface area contributed by atoms with E-state index in [0.29, 0.717) is 0 Å². The van der Waals surface area contributed by atoms with Crippen molar-refractivity contribution >= 4 is 11.3 Å². The SMILES string of the molecule is CCC(N)(CCc1ccsc1)c1ccccc1. The van der Waals surface area contributed by atoms with Crippen LogP contribution in [0.25, 0.3) is 0 Å². The summed E-state index contributed by atoms with van der Waals surface area (Å²) in [5.74, 6) is 0. The van der Waals surface area contributed by atoms with E-state index in [4.69, 9.17) is 5.73 Å². The van der Waals surface area contributed by atoms with E-state index in [2.05, 4.69) is 48.0 Å². The highest BCUT2D eigenvalue weighted by molar-refractivity contribution is 7.07. The zero-order valence-corrected chi connectivity index (χ0v) is 11.0. The lowest BCUT2D eigenvalue weighted by Crippen LogP contribution is -2.36. The smallest absolute Gasteiger partial charge is 0.0410 e. The van der Waals surface area contributed by atoms with Crippen molar-refractivity contribution in [2.24, 2.45) is 5.73 Å². The number of aryl methyl sites for hydroxylation is 1. The lowest BCUT2D eigenvalue weighted by Gasteiger charge is -2.28. The van der Waals surface area contributed by atoms with Gasteiger partial charge in [-0.05, 0) is 47.2 Å². The Kier molecular flexibility index (Phi) is 3.97. The summed E-state index contributed by atoms with van der Waals surface area (Å²) in [6.45, 7) is 2.17. The Morgan fingerprint density at radius 3 is 2.53 bits per heavy atom. The summed E-state index contributed by atoms with van der Waals surface area (Å²) in [7, 11) is 0. The van der Waals surface area contributed by atoms with Crippen molar-refractivity contribution < 1.29 is 0 Å². The molecule has 0 aliphatic heterocycles. The quantitative estimate of drug-likeness (QED) is 0.848. The lowest BCUT2D eigenvalue weighted by molar-refractivity contribution is 0.394. The molecule has 1 heterocycles. The van der Waals surface area contributed by atoms with Crippen molar-refractivity contribution in [1.29, 1.82) is 0 Å². The lowest BCUT2D eigenvalue weighted by atomic mass is 9.83. The minimum absolute atomic E-state index is 0.191. The number of hydrogen-bond donors (Lipinski definition) is 1. The van der Waals surface area contributed by atoms with Crippen molar-refractivity contribution in [2.75, 3.05) is 0 Å². The second-order valence-corrected chi connectivity index (χ2v) is 5.29. The van der Waals surface area contributed by atoms with Crippen LogP contribution in [0.3, 0.4) is 0 Å². The van der Waals surface area contributed by atoms with E-state index in [0.717, 1.165) is 19.3 Å². The van der Waals surface area contributed by atoms with Crippen LogP contribution in [0.2, 0.25) is 0 Å². The third kappa shape index (κ3) is 2.96. The molecule has 0 amide bonds. The Bertz CT molecular complexity index is 435. The fourth-order valence-electron chi connectivity index (χ4n) is 2.10. The molecule has 0 aliphatic carbocycles. The second kappa shape index (κ2) is 5.48. The number of thiophene rings is 1. The van der Waals surface area contributed by atoms with Gasteiger partial charge in [0.05, 0.1) is 0 Å². The van der Waals surface area contributed by atoms with E-state index in [1.165, 1.54) is 11.1 Å². The molecule has 90 valence electrons. The molecule has 2 N–H and O–H groups in total. The van der Waals surface area contributed by atoms with Crippen LogP contribution in [0, 0.1) is 0 Å². The fourth-order valence-corrected chi connectivity index (χ4v) is 2.80. The van der Waals surface area contributed by atoms with Crippen molar-refractivity contribution in [2.45, 2.75) is 31.7 Å². The van der Waals surface area contributed by atoms with Gasteiger partial charge in [0.25, 0.3) is 0 Å². The first-order chi connectivity index (χ1) is 8.24. The van der Waals surface area contributed by atoms with Crippen LogP contribution in [-0.2, 0) is 12.0 Å². The van der Waals surface area contributed by atoms with Crippen molar-refractivity contribution in [3.05, 3.63) is 58.3 Å². The molecule has 0 spiro atoms. The van der Waals surface area contributed by atoms with Gasteiger partial charge < -0.3 is 5.73 Å². The van der Waals surface area contributed by atoms with Gasteiger partial charge in [0.15, 0.2) is 0 Å². The highest BCUT2D eigenvalue weighted by Crippen LogP contribution is 2.27. The molecule has 2 heteroatoms. The number of rotatable bonds is 5. The molecule has 0 aliphatic rings. The summed E-state index contributed by atoms with van der Waals surface area (Å²) in [5, 5.41) is 4.34. The predicted molar refractivity (Wildman–Crippen MR) is 75.2 cm³/mol. The highest BCUT2D eigenvalue weighted by atomic mass is 32.1. The average Bonchev–Trinajstić information content (AvgIpc) is 2.90. The van der Waals surface area contributed by atoms with E-state index in [-0.39, 0.29) is 5.54 Å². The second-order valence-electron chi connectivity index (χ2n) is 4.51. The molecule has 0 radical (unpaired) electrons. The average molecular weight is 245 g/mol. The fraction of sp³-hybridized carbons (Fsp3) is 0.333. The normalized spacial score (nSPS) is 14.5. The van der Waals surface area contributed by atoms with E-state index in [1.54, 1.807) is 11.3 Å². The summed E-state index contributed by atoms with van der Waals surface area (Å²) < 4.78 is 0. The van der Waals surface area contributed by atoms with E-state index in [1.807, 2.05) is 6.07 Å². The van der Waals surface area contributed by atoms with Gasteiger partial charge in [-0.3, -0.25) is 0 Å². The van der Waals surface area contributed by atoms with Crippen molar-refractivity contribution in [3.8, 4) is 0 Å². The van der Waals surface area contributed by atoms with Crippen LogP contribution >= 0.6 is 11.3 Å². The van der Waals surface area contributed by atoms with Gasteiger partial charge in [-0.1, -0.05) is 37.3 Å². The molecule has 1 aromatic carbocycles. The molecular weight excluding hydrogens is 226 g/mol. The predicted octanol–water partition coefficient (Wildman–Crippen LogP) is 3.94. The van der Waals surface area contributed by atoms with Gasteiger partial charge in [0.2, 0.25) is 0 Å². The molecule has 1 nitrogen and oxygen atoms in total. The maximum Gasteiger partial charge on any atom is 0.0410 e. The van der Waals surface area contributed by atoms with Crippen LogP contribution < -0.4 is 5.73 Å². The molecule has 2 rings (SSSR count). The molecule has 1 unspecified atom stereocenters. The van der Waals surface area contributed by atoms with Crippen molar-refractivity contribution in [1.82, 2.24) is 0 Å². The molecule has 1 aromatic heterocycles. The minimum atomic E-state index is -0.191. The third-order valence-electron chi connectivity index (χ3n) is 3.42. The monoisotopic (exact) mass is 245 g/mol. The summed E-state index contributed by atoms with van der Waals surface area (Å²) in [4.78, 5) is 0. The zero-order valence-electron chi connectivity index (χ0n) is 10.2. The summed E-state index contributed by atoms with van der Waals surface area (Å²) in [5.41, 5.74) is 8.99. The number of hydrogen-bond acceptors (Lipinski definition) is 2. The largest absolute Gasteiger partial charge is 0.321 e. The van der Waals surface area contributed by atoms with Gasteiger partial charge >= 0.3 is 0 Å². The first-order valence-corrected chi connectivity index (χ1v) is 7.04. The Hall–Kier alpha value is -1.12. The maximum absolute atomic E-state index is 6.54. The van der Waals surface area contributed by atoms with Gasteiger partial charge in [0, 0.05) is 5.54 Å². The van der Waals surface area contributed by atoms with Gasteiger partial charge in [0.1, 0.15) is 0 Å². The molecule has 17 heavy (non-hydrogen) atoms. The standard InChI is InChI=1S/C15H19NS/c1-2-15(16,14-6-4-3-5-7-14)10-8-13-9-11-17-12-13/h3-7,9,11-12H,2,8,10,16H2,1H3. The van der Waals surface area contributed by atoms with Crippen molar-refractivity contribution in [3.63, 3.8) is 0 Å². The molecule has 0 saturated carbocycles. The Morgan fingerprint density at radius 2 is 1.94 bits per heavy atom. The summed E-state index contributed by atoms with van der Waals surface area (Å²) in [6.07, 6.45) is 3.04. The van der Waals surface area contributed by atoms with Crippen LogP contribution in [0.1, 0.15) is 30.9 Å². The van der Waals surface area contributed by atoms with Gasteiger partial charge in [-0.15, -0.1) is 0 Å². The molecule has 0 bridgehead atoms. The molecular formula is C15H19NS. The first-order valence-electron chi connectivity index (χ1n) is 6.10. The Balaban J connectivity index is 2.09. The van der Waals surface area contributed by atoms with Gasteiger partial charge in [-0.25, -0.2) is 0 Å².